The molecule has 0 spiro atoms. The predicted molar refractivity (Wildman–Crippen MR) is 74.3 cm³/mol. The fraction of sp³-hybridized carbons (Fsp3) is 0.333. The molecule has 0 atom stereocenters. The lowest BCUT2D eigenvalue weighted by Crippen LogP contribution is -2.31. The molecule has 0 bridgehead atoms. The van der Waals surface area contributed by atoms with Gasteiger partial charge < -0.3 is 14.5 Å². The van der Waals surface area contributed by atoms with Gasteiger partial charge in [-0.3, -0.25) is 4.79 Å². The summed E-state index contributed by atoms with van der Waals surface area (Å²) in [6.07, 6.45) is 0.239. The zero-order chi connectivity index (χ0) is 14.5. The summed E-state index contributed by atoms with van der Waals surface area (Å²) in [5.41, 5.74) is 0.602. The largest absolute Gasteiger partial charge is 0.488 e. The zero-order valence-electron chi connectivity index (χ0n) is 11.5. The Labute approximate surface area is 117 Å². The fourth-order valence-corrected chi connectivity index (χ4v) is 1.88. The first-order valence-corrected chi connectivity index (χ1v) is 6.45. The van der Waals surface area contributed by atoms with Crippen molar-refractivity contribution >= 4 is 16.9 Å². The molecular formula is C15H16N2O3. The van der Waals surface area contributed by atoms with E-state index in [0.717, 1.165) is 5.39 Å². The number of hydrogen-bond acceptors (Lipinski definition) is 4. The molecule has 5 nitrogen and oxygen atoms in total. The lowest BCUT2D eigenvalue weighted by molar-refractivity contribution is -0.122. The van der Waals surface area contributed by atoms with Gasteiger partial charge in [0.2, 0.25) is 11.7 Å². The summed E-state index contributed by atoms with van der Waals surface area (Å²) >= 11 is 0. The van der Waals surface area contributed by atoms with E-state index in [1.165, 1.54) is 0 Å². The van der Waals surface area contributed by atoms with Crippen molar-refractivity contribution in [3.8, 4) is 11.8 Å². The summed E-state index contributed by atoms with van der Waals surface area (Å²) in [6, 6.07) is 9.33. The van der Waals surface area contributed by atoms with Gasteiger partial charge in [-0.1, -0.05) is 12.1 Å². The fourth-order valence-electron chi connectivity index (χ4n) is 1.88. The predicted octanol–water partition coefficient (Wildman–Crippen LogP) is 2.60. The highest BCUT2D eigenvalue weighted by Gasteiger charge is 2.15. The third-order valence-corrected chi connectivity index (χ3v) is 2.68. The number of para-hydroxylation sites is 1. The molecular weight excluding hydrogens is 256 g/mol. The van der Waals surface area contributed by atoms with Crippen molar-refractivity contribution < 1.29 is 13.9 Å². The number of nitrogens with one attached hydrogen (secondary N) is 1. The van der Waals surface area contributed by atoms with E-state index in [1.54, 1.807) is 6.07 Å². The Morgan fingerprint density at radius 2 is 2.20 bits per heavy atom. The lowest BCUT2D eigenvalue weighted by atomic mass is 10.2. The number of carbonyl (C=O) groups is 1. The molecule has 1 aromatic carbocycles. The Morgan fingerprint density at radius 1 is 1.45 bits per heavy atom. The summed E-state index contributed by atoms with van der Waals surface area (Å²) in [6.45, 7) is 4.00. The van der Waals surface area contributed by atoms with E-state index < -0.39 is 0 Å². The number of hydrogen-bond donors (Lipinski definition) is 1. The van der Waals surface area contributed by atoms with Gasteiger partial charge in [0.1, 0.15) is 11.7 Å². The van der Waals surface area contributed by atoms with Crippen molar-refractivity contribution in [1.82, 2.24) is 5.32 Å². The van der Waals surface area contributed by atoms with Gasteiger partial charge in [-0.25, -0.2) is 0 Å². The highest BCUT2D eigenvalue weighted by atomic mass is 16.5. The zero-order valence-corrected chi connectivity index (χ0v) is 11.5. The molecule has 0 radical (unpaired) electrons. The van der Waals surface area contributed by atoms with E-state index in [0.29, 0.717) is 11.3 Å². The molecule has 0 saturated carbocycles. The Morgan fingerprint density at radius 3 is 2.90 bits per heavy atom. The van der Waals surface area contributed by atoms with E-state index in [2.05, 4.69) is 5.32 Å². The topological polar surface area (TPSA) is 75.3 Å². The molecule has 2 aromatic rings. The SMILES string of the molecule is CC(C)NC(=O)CCOc1c(C#N)oc2ccccc12. The summed E-state index contributed by atoms with van der Waals surface area (Å²) in [5, 5.41) is 12.6. The average Bonchev–Trinajstić information content (AvgIpc) is 2.76. The normalized spacial score (nSPS) is 10.5. The number of benzene rings is 1. The average molecular weight is 272 g/mol. The molecule has 104 valence electrons. The molecule has 20 heavy (non-hydrogen) atoms. The molecule has 1 N–H and O–H groups in total. The highest BCUT2D eigenvalue weighted by Crippen LogP contribution is 2.32. The summed E-state index contributed by atoms with van der Waals surface area (Å²) < 4.78 is 10.9. The van der Waals surface area contributed by atoms with Crippen molar-refractivity contribution in [2.75, 3.05) is 6.61 Å². The van der Waals surface area contributed by atoms with Gasteiger partial charge in [0.25, 0.3) is 0 Å². The Hall–Kier alpha value is -2.48. The molecule has 0 aliphatic rings. The van der Waals surface area contributed by atoms with E-state index >= 15 is 0 Å². The molecule has 1 amide bonds. The van der Waals surface area contributed by atoms with Crippen LogP contribution in [0, 0.1) is 11.3 Å². The minimum absolute atomic E-state index is 0.0775. The first-order chi connectivity index (χ1) is 9.61. The maximum absolute atomic E-state index is 11.5. The van der Waals surface area contributed by atoms with Crippen LogP contribution in [0.3, 0.4) is 0 Å². The maximum atomic E-state index is 11.5. The second-order valence-electron chi connectivity index (χ2n) is 4.69. The molecule has 0 aliphatic heterocycles. The summed E-state index contributed by atoms with van der Waals surface area (Å²) in [5.74, 6) is 0.460. The van der Waals surface area contributed by atoms with Crippen LogP contribution in [0.15, 0.2) is 28.7 Å². The van der Waals surface area contributed by atoms with Crippen LogP contribution in [0.1, 0.15) is 26.0 Å². The number of nitriles is 1. The number of ether oxygens (including phenoxy) is 1. The van der Waals surface area contributed by atoms with Crippen LogP contribution in [-0.2, 0) is 4.79 Å². The van der Waals surface area contributed by atoms with Crippen LogP contribution < -0.4 is 10.1 Å². The van der Waals surface area contributed by atoms with E-state index in [-0.39, 0.29) is 30.7 Å². The quantitative estimate of drug-likeness (QED) is 0.907. The molecule has 0 saturated heterocycles. The van der Waals surface area contributed by atoms with E-state index in [1.807, 2.05) is 38.1 Å². The van der Waals surface area contributed by atoms with Crippen molar-refractivity contribution in [2.24, 2.45) is 0 Å². The van der Waals surface area contributed by atoms with Gasteiger partial charge in [-0.2, -0.15) is 5.26 Å². The van der Waals surface area contributed by atoms with E-state index in [4.69, 9.17) is 14.4 Å². The molecule has 0 unspecified atom stereocenters. The van der Waals surface area contributed by atoms with Crippen LogP contribution in [0.2, 0.25) is 0 Å². The Kier molecular flexibility index (Phi) is 4.26. The number of nitrogens with zero attached hydrogens (tertiary/aromatic N) is 1. The van der Waals surface area contributed by atoms with Crippen molar-refractivity contribution in [3.05, 3.63) is 30.0 Å². The molecule has 1 aromatic heterocycles. The van der Waals surface area contributed by atoms with Gasteiger partial charge >= 0.3 is 0 Å². The smallest absolute Gasteiger partial charge is 0.246 e. The second kappa shape index (κ2) is 6.11. The number of furan rings is 1. The molecule has 5 heteroatoms. The van der Waals surface area contributed by atoms with Gasteiger partial charge in [-0.05, 0) is 26.0 Å². The molecule has 0 aliphatic carbocycles. The van der Waals surface area contributed by atoms with E-state index in [9.17, 15) is 4.79 Å². The summed E-state index contributed by atoms with van der Waals surface area (Å²) in [7, 11) is 0. The summed E-state index contributed by atoms with van der Waals surface area (Å²) in [4.78, 5) is 11.5. The molecule has 2 rings (SSSR count). The number of carbonyl (C=O) groups excluding carboxylic acids is 1. The van der Waals surface area contributed by atoms with Gasteiger partial charge in [0.15, 0.2) is 5.75 Å². The van der Waals surface area contributed by atoms with Gasteiger partial charge in [-0.15, -0.1) is 0 Å². The van der Waals surface area contributed by atoms with Crippen LogP contribution >= 0.6 is 0 Å². The van der Waals surface area contributed by atoms with Crippen LogP contribution in [0.4, 0.5) is 0 Å². The Bertz CT molecular complexity index is 653. The van der Waals surface area contributed by atoms with Crippen molar-refractivity contribution in [3.63, 3.8) is 0 Å². The van der Waals surface area contributed by atoms with Gasteiger partial charge in [0, 0.05) is 6.04 Å². The minimum atomic E-state index is -0.0775. The lowest BCUT2D eigenvalue weighted by Gasteiger charge is -2.08. The van der Waals surface area contributed by atoms with Crippen molar-refractivity contribution in [1.29, 1.82) is 5.26 Å². The highest BCUT2D eigenvalue weighted by molar-refractivity contribution is 5.86. The monoisotopic (exact) mass is 272 g/mol. The first kappa shape index (κ1) is 13.9. The van der Waals surface area contributed by atoms with Crippen LogP contribution in [-0.4, -0.2) is 18.6 Å². The van der Waals surface area contributed by atoms with Crippen molar-refractivity contribution in [2.45, 2.75) is 26.3 Å². The number of rotatable bonds is 5. The van der Waals surface area contributed by atoms with Gasteiger partial charge in [0.05, 0.1) is 18.4 Å². The van der Waals surface area contributed by atoms with Crippen LogP contribution in [0.5, 0.6) is 5.75 Å². The minimum Gasteiger partial charge on any atom is -0.488 e. The number of fused-ring (bicyclic) bond motifs is 1. The standard InChI is InChI=1S/C15H16N2O3/c1-10(2)17-14(18)7-8-19-15-11-5-3-4-6-12(11)20-13(15)9-16/h3-6,10H,7-8H2,1-2H3,(H,17,18). The number of amides is 1. The maximum Gasteiger partial charge on any atom is 0.246 e. The molecule has 1 heterocycles. The second-order valence-corrected chi connectivity index (χ2v) is 4.69. The first-order valence-electron chi connectivity index (χ1n) is 6.45. The third-order valence-electron chi connectivity index (χ3n) is 2.68. The molecule has 0 fully saturated rings. The van der Waals surface area contributed by atoms with Crippen LogP contribution in [0.25, 0.3) is 11.0 Å². The third kappa shape index (κ3) is 3.09. The Balaban J connectivity index is 2.06.